The Bertz CT molecular complexity index is 221. The fraction of sp³-hybridized carbons (Fsp3) is 0.636. The lowest BCUT2D eigenvalue weighted by Crippen LogP contribution is -1.99. The Morgan fingerprint density at radius 2 is 1.92 bits per heavy atom. The van der Waals surface area contributed by atoms with Gasteiger partial charge in [-0.1, -0.05) is 33.1 Å². The van der Waals surface area contributed by atoms with Crippen LogP contribution in [-0.2, 0) is 0 Å². The molecule has 0 bridgehead atoms. The Morgan fingerprint density at radius 3 is 2.54 bits per heavy atom. The predicted octanol–water partition coefficient (Wildman–Crippen LogP) is 3.16. The first-order valence-corrected chi connectivity index (χ1v) is 5.11. The summed E-state index contributed by atoms with van der Waals surface area (Å²) in [5.74, 6) is 1.49. The SMILES string of the molecule is CCCCCC(C)c1ncccn1. The van der Waals surface area contributed by atoms with Gasteiger partial charge in [-0.05, 0) is 12.5 Å². The van der Waals surface area contributed by atoms with Gasteiger partial charge in [0, 0.05) is 18.3 Å². The van der Waals surface area contributed by atoms with Crippen molar-refractivity contribution < 1.29 is 0 Å². The largest absolute Gasteiger partial charge is 0.241 e. The minimum atomic E-state index is 0.507. The third-order valence-corrected chi connectivity index (χ3v) is 2.27. The van der Waals surface area contributed by atoms with Crippen molar-refractivity contribution in [3.05, 3.63) is 24.3 Å². The van der Waals surface area contributed by atoms with Crippen LogP contribution in [0, 0.1) is 0 Å². The normalized spacial score (nSPS) is 12.8. The van der Waals surface area contributed by atoms with Gasteiger partial charge in [-0.25, -0.2) is 9.97 Å². The molecular weight excluding hydrogens is 160 g/mol. The van der Waals surface area contributed by atoms with E-state index in [1.54, 1.807) is 0 Å². The first-order chi connectivity index (χ1) is 6.34. The van der Waals surface area contributed by atoms with Gasteiger partial charge < -0.3 is 0 Å². The van der Waals surface area contributed by atoms with Gasteiger partial charge in [0.25, 0.3) is 0 Å². The fourth-order valence-electron chi connectivity index (χ4n) is 1.39. The summed E-state index contributed by atoms with van der Waals surface area (Å²) < 4.78 is 0. The van der Waals surface area contributed by atoms with Crippen LogP contribution in [-0.4, -0.2) is 9.97 Å². The van der Waals surface area contributed by atoms with E-state index >= 15 is 0 Å². The Balaban J connectivity index is 2.35. The summed E-state index contributed by atoms with van der Waals surface area (Å²) in [6.07, 6.45) is 8.73. The van der Waals surface area contributed by atoms with Crippen molar-refractivity contribution in [2.24, 2.45) is 0 Å². The monoisotopic (exact) mass is 178 g/mol. The molecule has 0 fully saturated rings. The molecule has 0 N–H and O–H groups in total. The Morgan fingerprint density at radius 1 is 1.23 bits per heavy atom. The second-order valence-electron chi connectivity index (χ2n) is 3.50. The molecule has 72 valence electrons. The highest BCUT2D eigenvalue weighted by Gasteiger charge is 2.06. The number of hydrogen-bond donors (Lipinski definition) is 0. The second kappa shape index (κ2) is 5.68. The molecule has 2 nitrogen and oxygen atoms in total. The summed E-state index contributed by atoms with van der Waals surface area (Å²) >= 11 is 0. The van der Waals surface area contributed by atoms with Crippen LogP contribution in [0.1, 0.15) is 51.3 Å². The molecule has 0 saturated heterocycles. The van der Waals surface area contributed by atoms with Crippen LogP contribution in [0.5, 0.6) is 0 Å². The van der Waals surface area contributed by atoms with Crippen LogP contribution in [0.25, 0.3) is 0 Å². The molecule has 1 unspecified atom stereocenters. The lowest BCUT2D eigenvalue weighted by atomic mass is 10.0. The molecule has 2 heteroatoms. The van der Waals surface area contributed by atoms with E-state index in [0.29, 0.717) is 5.92 Å². The van der Waals surface area contributed by atoms with Crippen LogP contribution in [0.15, 0.2) is 18.5 Å². The van der Waals surface area contributed by atoms with Crippen LogP contribution >= 0.6 is 0 Å². The highest BCUT2D eigenvalue weighted by Crippen LogP contribution is 2.17. The second-order valence-corrected chi connectivity index (χ2v) is 3.50. The van der Waals surface area contributed by atoms with E-state index in [4.69, 9.17) is 0 Å². The summed E-state index contributed by atoms with van der Waals surface area (Å²) in [6, 6.07) is 1.86. The first-order valence-electron chi connectivity index (χ1n) is 5.11. The number of aromatic nitrogens is 2. The fourth-order valence-corrected chi connectivity index (χ4v) is 1.39. The average Bonchev–Trinajstić information content (AvgIpc) is 2.19. The maximum absolute atomic E-state index is 4.25. The Kier molecular flexibility index (Phi) is 4.44. The van der Waals surface area contributed by atoms with Crippen LogP contribution < -0.4 is 0 Å². The van der Waals surface area contributed by atoms with E-state index in [1.165, 1.54) is 25.7 Å². The standard InChI is InChI=1S/C11H18N2/c1-3-4-5-7-10(2)11-12-8-6-9-13-11/h6,8-10H,3-5,7H2,1-2H3. The van der Waals surface area contributed by atoms with E-state index in [-0.39, 0.29) is 0 Å². The highest BCUT2D eigenvalue weighted by atomic mass is 14.9. The van der Waals surface area contributed by atoms with Gasteiger partial charge in [-0.15, -0.1) is 0 Å². The van der Waals surface area contributed by atoms with Crippen LogP contribution in [0.4, 0.5) is 0 Å². The molecule has 0 radical (unpaired) electrons. The molecule has 0 aromatic carbocycles. The predicted molar refractivity (Wildman–Crippen MR) is 54.6 cm³/mol. The topological polar surface area (TPSA) is 25.8 Å². The summed E-state index contributed by atoms with van der Waals surface area (Å²) in [4.78, 5) is 8.49. The Hall–Kier alpha value is -0.920. The molecule has 1 aromatic heterocycles. The number of unbranched alkanes of at least 4 members (excludes halogenated alkanes) is 2. The number of hydrogen-bond acceptors (Lipinski definition) is 2. The zero-order valence-corrected chi connectivity index (χ0v) is 8.53. The maximum atomic E-state index is 4.25. The summed E-state index contributed by atoms with van der Waals surface area (Å²) in [7, 11) is 0. The van der Waals surface area contributed by atoms with Crippen LogP contribution in [0.2, 0.25) is 0 Å². The maximum Gasteiger partial charge on any atom is 0.130 e. The van der Waals surface area contributed by atoms with Gasteiger partial charge in [0.15, 0.2) is 0 Å². The molecular formula is C11H18N2. The van der Waals surface area contributed by atoms with E-state index < -0.39 is 0 Å². The molecule has 0 spiro atoms. The quantitative estimate of drug-likeness (QED) is 0.647. The molecule has 13 heavy (non-hydrogen) atoms. The van der Waals surface area contributed by atoms with E-state index in [1.807, 2.05) is 18.5 Å². The van der Waals surface area contributed by atoms with Gasteiger partial charge in [0.05, 0.1) is 0 Å². The number of rotatable bonds is 5. The molecule has 0 saturated carbocycles. The lowest BCUT2D eigenvalue weighted by Gasteiger charge is -2.08. The van der Waals surface area contributed by atoms with Crippen LogP contribution in [0.3, 0.4) is 0 Å². The van der Waals surface area contributed by atoms with Crippen molar-refractivity contribution in [1.29, 1.82) is 0 Å². The molecule has 0 aliphatic carbocycles. The smallest absolute Gasteiger partial charge is 0.130 e. The van der Waals surface area contributed by atoms with Crippen molar-refractivity contribution >= 4 is 0 Å². The van der Waals surface area contributed by atoms with Gasteiger partial charge in [-0.2, -0.15) is 0 Å². The van der Waals surface area contributed by atoms with Gasteiger partial charge in [0.1, 0.15) is 5.82 Å². The molecule has 1 atom stereocenters. The van der Waals surface area contributed by atoms with Crippen molar-refractivity contribution in [3.63, 3.8) is 0 Å². The molecule has 0 aliphatic heterocycles. The molecule has 1 heterocycles. The van der Waals surface area contributed by atoms with Crippen molar-refractivity contribution in [1.82, 2.24) is 9.97 Å². The van der Waals surface area contributed by atoms with Gasteiger partial charge >= 0.3 is 0 Å². The molecule has 0 amide bonds. The molecule has 1 aromatic rings. The lowest BCUT2D eigenvalue weighted by molar-refractivity contribution is 0.575. The van der Waals surface area contributed by atoms with E-state index in [2.05, 4.69) is 23.8 Å². The van der Waals surface area contributed by atoms with Crippen molar-refractivity contribution in [3.8, 4) is 0 Å². The zero-order chi connectivity index (χ0) is 9.52. The Labute approximate surface area is 80.4 Å². The number of nitrogens with zero attached hydrogens (tertiary/aromatic N) is 2. The summed E-state index contributed by atoms with van der Waals surface area (Å²) in [6.45, 7) is 4.43. The van der Waals surface area contributed by atoms with Crippen molar-refractivity contribution in [2.75, 3.05) is 0 Å². The minimum Gasteiger partial charge on any atom is -0.241 e. The summed E-state index contributed by atoms with van der Waals surface area (Å²) in [5, 5.41) is 0. The van der Waals surface area contributed by atoms with Gasteiger partial charge in [0.2, 0.25) is 0 Å². The van der Waals surface area contributed by atoms with Gasteiger partial charge in [-0.3, -0.25) is 0 Å². The third-order valence-electron chi connectivity index (χ3n) is 2.27. The zero-order valence-electron chi connectivity index (χ0n) is 8.53. The molecule has 1 rings (SSSR count). The summed E-state index contributed by atoms with van der Waals surface area (Å²) in [5.41, 5.74) is 0. The third kappa shape index (κ3) is 3.53. The van der Waals surface area contributed by atoms with E-state index in [9.17, 15) is 0 Å². The highest BCUT2D eigenvalue weighted by molar-refractivity contribution is 4.94. The van der Waals surface area contributed by atoms with E-state index in [0.717, 1.165) is 5.82 Å². The minimum absolute atomic E-state index is 0.507. The van der Waals surface area contributed by atoms with Crippen molar-refractivity contribution in [2.45, 2.75) is 45.4 Å². The average molecular weight is 178 g/mol. The first kappa shape index (κ1) is 10.2. The molecule has 0 aliphatic rings.